The molecule has 0 saturated heterocycles. The van der Waals surface area contributed by atoms with Crippen molar-refractivity contribution in [3.63, 3.8) is 0 Å². The summed E-state index contributed by atoms with van der Waals surface area (Å²) >= 11 is 0. The van der Waals surface area contributed by atoms with Crippen LogP contribution in [0.1, 0.15) is 181 Å². The van der Waals surface area contributed by atoms with Crippen LogP contribution in [0.3, 0.4) is 0 Å². The topological polar surface area (TPSA) is 72.8 Å². The molecule has 0 heterocycles. The maximum Gasteiger partial charge on any atom is 0.306 e. The second-order valence-electron chi connectivity index (χ2n) is 12.6. The highest BCUT2D eigenvalue weighted by atomic mass is 16.6. The molecule has 0 unspecified atom stereocenters. The summed E-state index contributed by atoms with van der Waals surface area (Å²) in [6.07, 6.45) is 45.9. The molecule has 46 heavy (non-hydrogen) atoms. The summed E-state index contributed by atoms with van der Waals surface area (Å²) in [7, 11) is 0. The van der Waals surface area contributed by atoms with Crippen molar-refractivity contribution in [1.82, 2.24) is 0 Å². The summed E-state index contributed by atoms with van der Waals surface area (Å²) in [5.74, 6) is -0.627. The largest absolute Gasteiger partial charge is 0.462 e. The van der Waals surface area contributed by atoms with E-state index in [1.165, 1.54) is 83.5 Å². The van der Waals surface area contributed by atoms with Crippen LogP contribution < -0.4 is 0 Å². The SMILES string of the molecule is CCCCC/C=C\C/C=C\C/C=C\CCCCCCC(=O)O[C@@H](CO)COC(=O)CCCCCCC/C=C\CCCCCCCC. The molecule has 266 valence electrons. The number of esters is 2. The number of allylic oxidation sites excluding steroid dienone is 8. The van der Waals surface area contributed by atoms with Gasteiger partial charge in [-0.2, -0.15) is 0 Å². The van der Waals surface area contributed by atoms with Gasteiger partial charge >= 0.3 is 11.9 Å². The average molecular weight is 645 g/mol. The van der Waals surface area contributed by atoms with Crippen LogP contribution in [0.2, 0.25) is 0 Å². The molecular formula is C41H72O5. The van der Waals surface area contributed by atoms with Gasteiger partial charge in [-0.1, -0.05) is 140 Å². The number of carbonyl (C=O) groups is 2. The van der Waals surface area contributed by atoms with E-state index in [0.29, 0.717) is 12.8 Å². The molecule has 0 saturated carbocycles. The van der Waals surface area contributed by atoms with Crippen LogP contribution in [-0.4, -0.2) is 36.4 Å². The predicted molar refractivity (Wildman–Crippen MR) is 196 cm³/mol. The van der Waals surface area contributed by atoms with E-state index in [2.05, 4.69) is 62.5 Å². The van der Waals surface area contributed by atoms with E-state index in [1.54, 1.807) is 0 Å². The van der Waals surface area contributed by atoms with E-state index in [9.17, 15) is 14.7 Å². The Morgan fingerprint density at radius 1 is 0.500 bits per heavy atom. The van der Waals surface area contributed by atoms with Crippen LogP contribution in [0.4, 0.5) is 0 Å². The molecule has 0 spiro atoms. The number of hydrogen-bond donors (Lipinski definition) is 1. The smallest absolute Gasteiger partial charge is 0.306 e. The molecule has 5 nitrogen and oxygen atoms in total. The third-order valence-corrected chi connectivity index (χ3v) is 8.10. The summed E-state index contributed by atoms with van der Waals surface area (Å²) in [6.45, 7) is 4.07. The van der Waals surface area contributed by atoms with Gasteiger partial charge in [0.25, 0.3) is 0 Å². The highest BCUT2D eigenvalue weighted by molar-refractivity contribution is 5.70. The molecule has 0 rings (SSSR count). The number of ether oxygens (including phenoxy) is 2. The fourth-order valence-corrected chi connectivity index (χ4v) is 5.14. The lowest BCUT2D eigenvalue weighted by molar-refractivity contribution is -0.161. The van der Waals surface area contributed by atoms with Gasteiger partial charge in [0.2, 0.25) is 0 Å². The van der Waals surface area contributed by atoms with Crippen LogP contribution in [0.25, 0.3) is 0 Å². The van der Waals surface area contributed by atoms with Crippen LogP contribution in [0.15, 0.2) is 48.6 Å². The lowest BCUT2D eigenvalue weighted by atomic mass is 10.1. The molecule has 0 fully saturated rings. The van der Waals surface area contributed by atoms with Crippen molar-refractivity contribution in [3.8, 4) is 0 Å². The predicted octanol–water partition coefficient (Wildman–Crippen LogP) is 11.8. The summed E-state index contributed by atoms with van der Waals surface area (Å²) in [5.41, 5.74) is 0. The highest BCUT2D eigenvalue weighted by Gasteiger charge is 2.16. The van der Waals surface area contributed by atoms with Crippen LogP contribution in [0, 0.1) is 0 Å². The minimum absolute atomic E-state index is 0.0799. The molecule has 0 aliphatic carbocycles. The Morgan fingerprint density at radius 2 is 0.870 bits per heavy atom. The fourth-order valence-electron chi connectivity index (χ4n) is 5.14. The van der Waals surface area contributed by atoms with Gasteiger partial charge in [-0.05, 0) is 77.0 Å². The Balaban J connectivity index is 3.63. The third-order valence-electron chi connectivity index (χ3n) is 8.10. The molecule has 0 bridgehead atoms. The van der Waals surface area contributed by atoms with Gasteiger partial charge in [0.15, 0.2) is 6.10 Å². The van der Waals surface area contributed by atoms with Crippen LogP contribution in [-0.2, 0) is 19.1 Å². The van der Waals surface area contributed by atoms with Gasteiger partial charge in [-0.25, -0.2) is 0 Å². The second kappa shape index (κ2) is 37.3. The van der Waals surface area contributed by atoms with Crippen molar-refractivity contribution in [2.24, 2.45) is 0 Å². The molecule has 1 N–H and O–H groups in total. The minimum Gasteiger partial charge on any atom is -0.462 e. The van der Waals surface area contributed by atoms with E-state index in [0.717, 1.165) is 70.6 Å². The summed E-state index contributed by atoms with van der Waals surface area (Å²) in [6, 6.07) is 0. The Kier molecular flexibility index (Phi) is 35.6. The number of aliphatic hydroxyl groups excluding tert-OH is 1. The van der Waals surface area contributed by atoms with Crippen molar-refractivity contribution in [3.05, 3.63) is 48.6 Å². The van der Waals surface area contributed by atoms with E-state index in [1.807, 2.05) is 0 Å². The van der Waals surface area contributed by atoms with Crippen molar-refractivity contribution < 1.29 is 24.2 Å². The first kappa shape index (κ1) is 43.9. The van der Waals surface area contributed by atoms with Crippen LogP contribution in [0.5, 0.6) is 0 Å². The number of unbranched alkanes of at least 4 members (excludes halogenated alkanes) is 18. The first-order valence-electron chi connectivity index (χ1n) is 19.2. The van der Waals surface area contributed by atoms with E-state index in [-0.39, 0.29) is 25.2 Å². The van der Waals surface area contributed by atoms with Gasteiger partial charge in [0.05, 0.1) is 6.61 Å². The maximum atomic E-state index is 12.1. The zero-order valence-electron chi connectivity index (χ0n) is 30.1. The minimum atomic E-state index is -0.786. The van der Waals surface area contributed by atoms with Gasteiger partial charge in [-0.15, -0.1) is 0 Å². The van der Waals surface area contributed by atoms with Gasteiger partial charge in [0, 0.05) is 12.8 Å². The molecule has 0 aromatic rings. The number of rotatable bonds is 34. The summed E-state index contributed by atoms with van der Waals surface area (Å²) < 4.78 is 10.6. The third kappa shape index (κ3) is 34.7. The standard InChI is InChI=1S/C41H72O5/c1-3-5-7-9-11-13-15-17-19-20-22-24-26-28-30-32-34-36-41(44)46-39(37-42)38-45-40(43)35-33-31-29-27-25-23-21-18-16-14-12-10-8-6-4-2/h11,13,17-19,21-22,24,39,42H,3-10,12,14-16,20,23,25-38H2,1-2H3/b13-11-,19-17-,21-18-,24-22-/t39-/m0/s1. The van der Waals surface area contributed by atoms with E-state index >= 15 is 0 Å². The monoisotopic (exact) mass is 645 g/mol. The molecule has 0 radical (unpaired) electrons. The first-order chi connectivity index (χ1) is 22.6. The lowest BCUT2D eigenvalue weighted by Crippen LogP contribution is -2.28. The molecule has 0 aliphatic rings. The molecule has 1 atom stereocenters. The molecule has 0 amide bonds. The normalized spacial score (nSPS) is 12.7. The van der Waals surface area contributed by atoms with Gasteiger partial charge in [-0.3, -0.25) is 9.59 Å². The fraction of sp³-hybridized carbons (Fsp3) is 0.756. The average Bonchev–Trinajstić information content (AvgIpc) is 3.06. The molecule has 5 heteroatoms. The van der Waals surface area contributed by atoms with Gasteiger partial charge in [0.1, 0.15) is 6.61 Å². The van der Waals surface area contributed by atoms with Crippen molar-refractivity contribution in [1.29, 1.82) is 0 Å². The Hall–Kier alpha value is -2.14. The zero-order valence-corrected chi connectivity index (χ0v) is 30.1. The van der Waals surface area contributed by atoms with Crippen molar-refractivity contribution >= 4 is 11.9 Å². The Labute approximate surface area is 284 Å². The molecule has 0 aliphatic heterocycles. The van der Waals surface area contributed by atoms with E-state index in [4.69, 9.17) is 9.47 Å². The Morgan fingerprint density at radius 3 is 1.37 bits per heavy atom. The molecule has 0 aromatic carbocycles. The molecule has 0 aromatic heterocycles. The summed E-state index contributed by atoms with van der Waals surface area (Å²) in [5, 5.41) is 9.54. The van der Waals surface area contributed by atoms with Crippen molar-refractivity contribution in [2.45, 2.75) is 187 Å². The van der Waals surface area contributed by atoms with Gasteiger partial charge < -0.3 is 14.6 Å². The quantitative estimate of drug-likeness (QED) is 0.0429. The highest BCUT2D eigenvalue weighted by Crippen LogP contribution is 2.11. The second-order valence-corrected chi connectivity index (χ2v) is 12.6. The number of carbonyl (C=O) groups excluding carboxylic acids is 2. The number of aliphatic hydroxyl groups is 1. The number of hydrogen-bond acceptors (Lipinski definition) is 5. The first-order valence-corrected chi connectivity index (χ1v) is 19.2. The Bertz CT molecular complexity index is 782. The van der Waals surface area contributed by atoms with Crippen LogP contribution >= 0.6 is 0 Å². The maximum absolute atomic E-state index is 12.1. The van der Waals surface area contributed by atoms with Crippen molar-refractivity contribution in [2.75, 3.05) is 13.2 Å². The lowest BCUT2D eigenvalue weighted by Gasteiger charge is -2.15. The van der Waals surface area contributed by atoms with E-state index < -0.39 is 6.10 Å². The zero-order chi connectivity index (χ0) is 33.6. The molecular weight excluding hydrogens is 572 g/mol. The summed E-state index contributed by atoms with van der Waals surface area (Å²) in [4.78, 5) is 24.2.